The van der Waals surface area contributed by atoms with Crippen LogP contribution in [-0.4, -0.2) is 30.5 Å². The lowest BCUT2D eigenvalue weighted by Crippen LogP contribution is -2.32. The summed E-state index contributed by atoms with van der Waals surface area (Å²) < 4.78 is 18.4. The van der Waals surface area contributed by atoms with Gasteiger partial charge < -0.3 is 15.4 Å². The highest BCUT2D eigenvalue weighted by Gasteiger charge is 2.12. The maximum Gasteiger partial charge on any atom is 0.329 e. The van der Waals surface area contributed by atoms with Crippen molar-refractivity contribution >= 4 is 35.3 Å². The fourth-order valence-corrected chi connectivity index (χ4v) is 2.69. The number of rotatable bonds is 7. The van der Waals surface area contributed by atoms with Gasteiger partial charge in [-0.05, 0) is 66.6 Å². The summed E-state index contributed by atoms with van der Waals surface area (Å²) in [6, 6.07) is 19.1. The molecule has 3 N–H and O–H groups in total. The Hall–Kier alpha value is -4.53. The van der Waals surface area contributed by atoms with Gasteiger partial charge in [-0.1, -0.05) is 24.3 Å². The van der Waals surface area contributed by atoms with E-state index in [-0.39, 0.29) is 6.61 Å². The van der Waals surface area contributed by atoms with Gasteiger partial charge in [0.05, 0.1) is 6.21 Å². The Bertz CT molecular complexity index is 1180. The van der Waals surface area contributed by atoms with Gasteiger partial charge in [0.1, 0.15) is 11.6 Å². The summed E-state index contributed by atoms with van der Waals surface area (Å²) in [7, 11) is 0. The van der Waals surface area contributed by atoms with Crippen molar-refractivity contribution in [1.82, 2.24) is 5.43 Å². The van der Waals surface area contributed by atoms with Gasteiger partial charge >= 0.3 is 11.8 Å². The van der Waals surface area contributed by atoms with Gasteiger partial charge in [-0.15, -0.1) is 0 Å². The van der Waals surface area contributed by atoms with Crippen LogP contribution in [0, 0.1) is 12.7 Å². The average molecular weight is 448 g/mol. The van der Waals surface area contributed by atoms with E-state index in [1.54, 1.807) is 42.5 Å². The lowest BCUT2D eigenvalue weighted by molar-refractivity contribution is -0.136. The first-order valence-corrected chi connectivity index (χ1v) is 9.88. The van der Waals surface area contributed by atoms with Crippen molar-refractivity contribution in [2.75, 3.05) is 17.2 Å². The third-order valence-corrected chi connectivity index (χ3v) is 4.22. The fourth-order valence-electron chi connectivity index (χ4n) is 2.69. The van der Waals surface area contributed by atoms with Gasteiger partial charge in [0.25, 0.3) is 5.91 Å². The number of carbonyl (C=O) groups is 3. The fraction of sp³-hybridized carbons (Fsp3) is 0.0833. The molecule has 0 aliphatic rings. The highest BCUT2D eigenvalue weighted by molar-refractivity contribution is 6.39. The standard InChI is InChI=1S/C24H21FN4O4/c1-16-4-2-6-20(12-16)28-23(31)24(32)29-26-14-17-5-3-7-21(13-17)33-15-22(30)27-19-10-8-18(25)9-11-19/h2-14H,15H2,1H3,(H,27,30)(H,28,31)(H,29,32)/b26-14-. The second kappa shape index (κ2) is 11.2. The minimum absolute atomic E-state index is 0.256. The van der Waals surface area contributed by atoms with Crippen LogP contribution >= 0.6 is 0 Å². The first-order chi connectivity index (χ1) is 15.9. The monoisotopic (exact) mass is 448 g/mol. The molecule has 3 rings (SSSR count). The molecule has 0 fully saturated rings. The molecule has 168 valence electrons. The minimum Gasteiger partial charge on any atom is -0.484 e. The molecule has 0 atom stereocenters. The normalized spacial score (nSPS) is 10.5. The zero-order valence-corrected chi connectivity index (χ0v) is 17.7. The van der Waals surface area contributed by atoms with E-state index in [1.807, 2.05) is 13.0 Å². The molecule has 33 heavy (non-hydrogen) atoms. The quantitative estimate of drug-likeness (QED) is 0.293. The molecule has 0 heterocycles. The Labute approximate surface area is 189 Å². The minimum atomic E-state index is -0.919. The van der Waals surface area contributed by atoms with Crippen molar-refractivity contribution in [2.45, 2.75) is 6.92 Å². The van der Waals surface area contributed by atoms with Crippen LogP contribution in [0.4, 0.5) is 15.8 Å². The molecule has 8 nitrogen and oxygen atoms in total. The number of aryl methyl sites for hydroxylation is 1. The zero-order chi connectivity index (χ0) is 23.6. The zero-order valence-electron chi connectivity index (χ0n) is 17.7. The van der Waals surface area contributed by atoms with E-state index in [0.29, 0.717) is 22.7 Å². The molecular formula is C24H21FN4O4. The maximum atomic E-state index is 12.9. The Morgan fingerprint density at radius 1 is 0.909 bits per heavy atom. The number of amides is 3. The smallest absolute Gasteiger partial charge is 0.329 e. The third kappa shape index (κ3) is 7.59. The molecule has 0 aromatic heterocycles. The number of hydrogen-bond acceptors (Lipinski definition) is 5. The number of benzene rings is 3. The van der Waals surface area contributed by atoms with Crippen molar-refractivity contribution in [1.29, 1.82) is 0 Å². The maximum absolute atomic E-state index is 12.9. The molecular weight excluding hydrogens is 427 g/mol. The lowest BCUT2D eigenvalue weighted by atomic mass is 10.2. The summed E-state index contributed by atoms with van der Waals surface area (Å²) in [4.78, 5) is 35.8. The van der Waals surface area contributed by atoms with Crippen LogP contribution in [-0.2, 0) is 14.4 Å². The van der Waals surface area contributed by atoms with Crippen LogP contribution in [0.1, 0.15) is 11.1 Å². The largest absolute Gasteiger partial charge is 0.484 e. The summed E-state index contributed by atoms with van der Waals surface area (Å²) in [5, 5.41) is 8.85. The first kappa shape index (κ1) is 23.1. The van der Waals surface area contributed by atoms with Crippen LogP contribution in [0.15, 0.2) is 77.9 Å². The van der Waals surface area contributed by atoms with Crippen molar-refractivity contribution in [3.63, 3.8) is 0 Å². The second-order valence-electron chi connectivity index (χ2n) is 6.94. The summed E-state index contributed by atoms with van der Waals surface area (Å²) in [6.07, 6.45) is 1.34. The van der Waals surface area contributed by atoms with Gasteiger partial charge in [-0.2, -0.15) is 5.10 Å². The van der Waals surface area contributed by atoms with E-state index in [4.69, 9.17) is 4.74 Å². The summed E-state index contributed by atoms with van der Waals surface area (Å²) in [6.45, 7) is 1.61. The molecule has 0 bridgehead atoms. The Morgan fingerprint density at radius 3 is 2.42 bits per heavy atom. The molecule has 0 spiro atoms. The van der Waals surface area contributed by atoms with E-state index in [0.717, 1.165) is 5.56 Å². The van der Waals surface area contributed by atoms with E-state index in [9.17, 15) is 18.8 Å². The number of hydrazone groups is 1. The number of nitrogens with zero attached hydrogens (tertiary/aromatic N) is 1. The first-order valence-electron chi connectivity index (χ1n) is 9.88. The Kier molecular flexibility index (Phi) is 7.85. The van der Waals surface area contributed by atoms with Crippen LogP contribution in [0.25, 0.3) is 0 Å². The van der Waals surface area contributed by atoms with Gasteiger partial charge in [0.15, 0.2) is 6.61 Å². The second-order valence-corrected chi connectivity index (χ2v) is 6.94. The predicted molar refractivity (Wildman–Crippen MR) is 123 cm³/mol. The van der Waals surface area contributed by atoms with E-state index in [2.05, 4.69) is 21.2 Å². The Morgan fingerprint density at radius 2 is 1.67 bits per heavy atom. The van der Waals surface area contributed by atoms with Crippen molar-refractivity contribution in [2.24, 2.45) is 5.10 Å². The Balaban J connectivity index is 1.47. The average Bonchev–Trinajstić information content (AvgIpc) is 2.79. The van der Waals surface area contributed by atoms with Crippen molar-refractivity contribution in [3.05, 3.63) is 89.7 Å². The number of nitrogens with one attached hydrogen (secondary N) is 3. The van der Waals surface area contributed by atoms with Crippen LogP contribution in [0.3, 0.4) is 0 Å². The van der Waals surface area contributed by atoms with E-state index in [1.165, 1.54) is 30.5 Å². The SMILES string of the molecule is Cc1cccc(NC(=O)C(=O)N/N=C\c2cccc(OCC(=O)Nc3ccc(F)cc3)c2)c1. The molecule has 0 aliphatic heterocycles. The van der Waals surface area contributed by atoms with E-state index < -0.39 is 23.5 Å². The highest BCUT2D eigenvalue weighted by atomic mass is 19.1. The topological polar surface area (TPSA) is 109 Å². The summed E-state index contributed by atoms with van der Waals surface area (Å²) >= 11 is 0. The molecule has 0 saturated heterocycles. The third-order valence-electron chi connectivity index (χ3n) is 4.22. The highest BCUT2D eigenvalue weighted by Crippen LogP contribution is 2.13. The summed E-state index contributed by atoms with van der Waals surface area (Å²) in [5.74, 6) is -2.17. The molecule has 3 aromatic carbocycles. The molecule has 0 aliphatic carbocycles. The molecule has 0 radical (unpaired) electrons. The predicted octanol–water partition coefficient (Wildman–Crippen LogP) is 3.24. The number of halogens is 1. The number of hydrogen-bond donors (Lipinski definition) is 3. The van der Waals surface area contributed by atoms with Gasteiger partial charge in [-0.3, -0.25) is 14.4 Å². The molecule has 3 amide bonds. The van der Waals surface area contributed by atoms with Crippen molar-refractivity contribution < 1.29 is 23.5 Å². The number of anilines is 2. The molecule has 9 heteroatoms. The molecule has 3 aromatic rings. The van der Waals surface area contributed by atoms with Gasteiger partial charge in [0.2, 0.25) is 0 Å². The molecule has 0 unspecified atom stereocenters. The lowest BCUT2D eigenvalue weighted by Gasteiger charge is -2.08. The van der Waals surface area contributed by atoms with E-state index >= 15 is 0 Å². The van der Waals surface area contributed by atoms with Crippen LogP contribution in [0.5, 0.6) is 5.75 Å². The van der Waals surface area contributed by atoms with Crippen molar-refractivity contribution in [3.8, 4) is 5.75 Å². The van der Waals surface area contributed by atoms with Crippen LogP contribution in [0.2, 0.25) is 0 Å². The number of carbonyl (C=O) groups excluding carboxylic acids is 3. The summed E-state index contributed by atoms with van der Waals surface area (Å²) in [5.41, 5.74) is 4.63. The van der Waals surface area contributed by atoms with Crippen LogP contribution < -0.4 is 20.8 Å². The number of ether oxygens (including phenoxy) is 1. The van der Waals surface area contributed by atoms with Gasteiger partial charge in [0, 0.05) is 11.4 Å². The van der Waals surface area contributed by atoms with Gasteiger partial charge in [-0.25, -0.2) is 9.82 Å². The molecule has 0 saturated carbocycles.